The first kappa shape index (κ1) is 21.5. The Hall–Kier alpha value is -4.01. The van der Waals surface area contributed by atoms with E-state index >= 15 is 0 Å². The number of imidazole rings is 1. The van der Waals surface area contributed by atoms with Gasteiger partial charge in [0.15, 0.2) is 0 Å². The predicted octanol–water partition coefficient (Wildman–Crippen LogP) is 2.07. The summed E-state index contributed by atoms with van der Waals surface area (Å²) in [7, 11) is 0. The van der Waals surface area contributed by atoms with Crippen molar-refractivity contribution in [1.29, 1.82) is 0 Å². The van der Waals surface area contributed by atoms with Gasteiger partial charge in [0.1, 0.15) is 17.2 Å². The molecule has 1 aliphatic carbocycles. The van der Waals surface area contributed by atoms with E-state index in [2.05, 4.69) is 42.2 Å². The highest BCUT2D eigenvalue weighted by molar-refractivity contribution is 5.94. The predicted molar refractivity (Wildman–Crippen MR) is 132 cm³/mol. The second kappa shape index (κ2) is 8.98. The third-order valence-corrected chi connectivity index (χ3v) is 7.00. The van der Waals surface area contributed by atoms with E-state index in [-0.39, 0.29) is 5.91 Å². The molecule has 2 aliphatic rings. The van der Waals surface area contributed by atoms with E-state index in [1.807, 2.05) is 54.7 Å². The van der Waals surface area contributed by atoms with Crippen molar-refractivity contribution in [3.63, 3.8) is 0 Å². The molecule has 0 saturated carbocycles. The summed E-state index contributed by atoms with van der Waals surface area (Å²) in [6.45, 7) is 4.49. The number of carbonyl (C=O) groups is 1. The Morgan fingerprint density at radius 3 is 2.86 bits per heavy atom. The van der Waals surface area contributed by atoms with E-state index in [9.17, 15) is 4.79 Å². The molecule has 3 aromatic heterocycles. The van der Waals surface area contributed by atoms with Gasteiger partial charge in [-0.2, -0.15) is 5.10 Å². The largest absolute Gasteiger partial charge is 0.338 e. The van der Waals surface area contributed by atoms with E-state index < -0.39 is 0 Å². The molecular formula is C26H28N8O. The molecule has 0 bridgehead atoms. The maximum Gasteiger partial charge on any atom is 0.253 e. The van der Waals surface area contributed by atoms with E-state index in [1.165, 1.54) is 0 Å². The fraction of sp³-hybridized carbons (Fsp3) is 0.346. The third-order valence-electron chi connectivity index (χ3n) is 7.00. The van der Waals surface area contributed by atoms with Gasteiger partial charge in [0.05, 0.1) is 17.2 Å². The summed E-state index contributed by atoms with van der Waals surface area (Å²) in [4.78, 5) is 19.5. The van der Waals surface area contributed by atoms with Crippen LogP contribution in [0.2, 0.25) is 0 Å². The number of amides is 1. The molecule has 4 aromatic rings. The minimum Gasteiger partial charge on any atom is -0.338 e. The highest BCUT2D eigenvalue weighted by atomic mass is 16.2. The normalized spacial score (nSPS) is 17.5. The molecule has 1 saturated heterocycles. The van der Waals surface area contributed by atoms with Gasteiger partial charge in [0, 0.05) is 42.8 Å². The van der Waals surface area contributed by atoms with Gasteiger partial charge in [-0.3, -0.25) is 9.89 Å². The van der Waals surface area contributed by atoms with Crippen molar-refractivity contribution in [3.05, 3.63) is 64.8 Å². The van der Waals surface area contributed by atoms with Gasteiger partial charge >= 0.3 is 0 Å². The van der Waals surface area contributed by atoms with E-state index in [0.29, 0.717) is 11.5 Å². The number of nitrogens with one attached hydrogen (secondary N) is 1. The van der Waals surface area contributed by atoms with Crippen molar-refractivity contribution in [2.24, 2.45) is 5.92 Å². The number of H-pyrrole nitrogens is 1. The molecule has 4 heterocycles. The number of piperidine rings is 1. The van der Waals surface area contributed by atoms with Crippen LogP contribution in [-0.2, 0) is 6.54 Å². The van der Waals surface area contributed by atoms with Crippen LogP contribution in [0.5, 0.6) is 0 Å². The lowest BCUT2D eigenvalue weighted by Gasteiger charge is -2.33. The van der Waals surface area contributed by atoms with Gasteiger partial charge in [-0.1, -0.05) is 17.4 Å². The maximum atomic E-state index is 13.2. The number of carbonyl (C=O) groups excluding carboxylic acids is 1. The van der Waals surface area contributed by atoms with Crippen molar-refractivity contribution in [2.75, 3.05) is 13.1 Å². The second-order valence-corrected chi connectivity index (χ2v) is 9.37. The van der Waals surface area contributed by atoms with Crippen molar-refractivity contribution in [2.45, 2.75) is 39.2 Å². The standard InChI is InChI=1S/C26H28N8O/c1-18-27-12-14-32(18)15-19-5-4-13-33(16-19)26(35)20-8-10-21(11-9-20)34-17-24(29-31-34)25-22-6-2-3-7-23(22)28-30-25/h6-12,14,17,19,28H,2-5,13,15-16H2,1H3. The van der Waals surface area contributed by atoms with Crippen molar-refractivity contribution in [1.82, 2.24) is 39.6 Å². The first-order chi connectivity index (χ1) is 17.2. The summed E-state index contributed by atoms with van der Waals surface area (Å²) >= 11 is 0. The molecular weight excluding hydrogens is 440 g/mol. The lowest BCUT2D eigenvalue weighted by atomic mass is 9.97. The quantitative estimate of drug-likeness (QED) is 0.484. The fourth-order valence-corrected chi connectivity index (χ4v) is 5.09. The van der Waals surface area contributed by atoms with Crippen LogP contribution in [0.3, 0.4) is 0 Å². The summed E-state index contributed by atoms with van der Waals surface area (Å²) in [5.41, 5.74) is 3.09. The van der Waals surface area contributed by atoms with Crippen LogP contribution in [0.4, 0.5) is 0 Å². The molecule has 35 heavy (non-hydrogen) atoms. The van der Waals surface area contributed by atoms with E-state index in [4.69, 9.17) is 0 Å². The zero-order chi connectivity index (χ0) is 23.8. The molecule has 9 nitrogen and oxygen atoms in total. The molecule has 1 aromatic carbocycles. The summed E-state index contributed by atoms with van der Waals surface area (Å²) < 4.78 is 3.90. The third kappa shape index (κ3) is 4.18. The highest BCUT2D eigenvalue weighted by Gasteiger charge is 2.25. The number of aromatic amines is 1. The van der Waals surface area contributed by atoms with Crippen LogP contribution < -0.4 is 10.6 Å². The van der Waals surface area contributed by atoms with E-state index in [1.54, 1.807) is 4.68 Å². The molecule has 1 fully saturated rings. The van der Waals surface area contributed by atoms with Crippen LogP contribution in [0.15, 0.2) is 42.9 Å². The molecule has 0 spiro atoms. The molecule has 1 unspecified atom stereocenters. The van der Waals surface area contributed by atoms with E-state index in [0.717, 1.165) is 78.8 Å². The second-order valence-electron chi connectivity index (χ2n) is 9.37. The maximum absolute atomic E-state index is 13.2. The molecule has 6 rings (SSSR count). The molecule has 1 amide bonds. The number of fused-ring (bicyclic) bond motifs is 1. The number of benzene rings is 1. The van der Waals surface area contributed by atoms with Gasteiger partial charge < -0.3 is 9.47 Å². The van der Waals surface area contributed by atoms with Crippen molar-refractivity contribution >= 4 is 18.1 Å². The summed E-state index contributed by atoms with van der Waals surface area (Å²) in [6, 6.07) is 7.59. The number of nitrogens with zero attached hydrogens (tertiary/aromatic N) is 7. The molecule has 9 heteroatoms. The zero-order valence-electron chi connectivity index (χ0n) is 19.8. The first-order valence-corrected chi connectivity index (χ1v) is 12.2. The number of hydrogen-bond acceptors (Lipinski definition) is 5. The minimum absolute atomic E-state index is 0.0813. The minimum atomic E-state index is 0.0813. The molecule has 1 aliphatic heterocycles. The van der Waals surface area contributed by atoms with Crippen LogP contribution in [-0.4, -0.2) is 58.6 Å². The van der Waals surface area contributed by atoms with Gasteiger partial charge in [-0.25, -0.2) is 9.67 Å². The number of likely N-dealkylation sites (tertiary alicyclic amines) is 1. The van der Waals surface area contributed by atoms with Gasteiger partial charge in [0.25, 0.3) is 5.91 Å². The fourth-order valence-electron chi connectivity index (χ4n) is 5.09. The summed E-state index contributed by atoms with van der Waals surface area (Å²) in [5, 5.41) is 18.3. The Labute approximate surface area is 202 Å². The monoisotopic (exact) mass is 468 g/mol. The Balaban J connectivity index is 1.16. The van der Waals surface area contributed by atoms with Gasteiger partial charge in [-0.15, -0.1) is 5.10 Å². The SMILES string of the molecule is Cc1nccn1CC1CCCN(C(=O)c2ccc(-n3cc(-c4n[nH]c5c4=CCCC=5)nn3)cc2)C1. The van der Waals surface area contributed by atoms with Crippen LogP contribution in [0.25, 0.3) is 29.2 Å². The first-order valence-electron chi connectivity index (χ1n) is 12.2. The average Bonchev–Trinajstić information content (AvgIpc) is 3.64. The molecule has 178 valence electrons. The number of rotatable bonds is 5. The van der Waals surface area contributed by atoms with Crippen LogP contribution in [0, 0.1) is 12.8 Å². The number of aryl methyl sites for hydroxylation is 1. The number of aromatic nitrogens is 7. The van der Waals surface area contributed by atoms with Crippen LogP contribution >= 0.6 is 0 Å². The topological polar surface area (TPSA) is 97.5 Å². The smallest absolute Gasteiger partial charge is 0.253 e. The lowest BCUT2D eigenvalue weighted by Crippen LogP contribution is -2.41. The lowest BCUT2D eigenvalue weighted by molar-refractivity contribution is 0.0662. The van der Waals surface area contributed by atoms with Crippen molar-refractivity contribution in [3.8, 4) is 17.1 Å². The molecule has 1 atom stereocenters. The zero-order valence-corrected chi connectivity index (χ0v) is 19.8. The molecule has 0 radical (unpaired) electrons. The highest BCUT2D eigenvalue weighted by Crippen LogP contribution is 2.21. The van der Waals surface area contributed by atoms with Gasteiger partial charge in [-0.05, 0) is 62.8 Å². The molecule has 1 N–H and O–H groups in total. The summed E-state index contributed by atoms with van der Waals surface area (Å²) in [5.74, 6) is 1.54. The average molecular weight is 469 g/mol. The Bertz CT molecular complexity index is 1480. The van der Waals surface area contributed by atoms with Gasteiger partial charge in [0.2, 0.25) is 0 Å². The Morgan fingerprint density at radius 2 is 2.03 bits per heavy atom. The van der Waals surface area contributed by atoms with Crippen LogP contribution in [0.1, 0.15) is 41.9 Å². The van der Waals surface area contributed by atoms with Crippen molar-refractivity contribution < 1.29 is 4.79 Å². The number of hydrogen-bond donors (Lipinski definition) is 1. The summed E-state index contributed by atoms with van der Waals surface area (Å²) in [6.07, 6.45) is 14.3. The Morgan fingerprint density at radius 1 is 1.17 bits per heavy atom. The Kier molecular flexibility index (Phi) is 5.52.